The first-order valence-electron chi connectivity index (χ1n) is 7.65. The molecular formula is C20H25N2O3+. The molecule has 0 saturated heterocycles. The average Bonchev–Trinajstić information content (AvgIpc) is 2.62. The van der Waals surface area contributed by atoms with Crippen LogP contribution in [-0.2, 0) is 20.9 Å². The second-order valence-corrected chi connectivity index (χ2v) is 5.10. The van der Waals surface area contributed by atoms with Crippen molar-refractivity contribution in [3.63, 3.8) is 0 Å². The fourth-order valence-electron chi connectivity index (χ4n) is 1.70. The van der Waals surface area contributed by atoms with Crippen molar-refractivity contribution in [3.8, 4) is 0 Å². The number of benzene rings is 1. The average molecular weight is 341 g/mol. The Hall–Kier alpha value is -3.17. The molecule has 0 saturated carbocycles. The largest absolute Gasteiger partial charge is 0.461 e. The molecule has 5 heteroatoms. The van der Waals surface area contributed by atoms with Crippen molar-refractivity contribution in [1.29, 1.82) is 0 Å². The first-order chi connectivity index (χ1) is 12.0. The maximum Gasteiger partial charge on any atom is 0.277 e. The first-order valence-corrected chi connectivity index (χ1v) is 7.65. The second-order valence-electron chi connectivity index (χ2n) is 5.10. The normalized spacial score (nSPS) is 11.2. The van der Waals surface area contributed by atoms with Crippen LogP contribution in [0.1, 0.15) is 19.4 Å². The molecule has 0 bridgehead atoms. The molecule has 0 aliphatic rings. The summed E-state index contributed by atoms with van der Waals surface area (Å²) in [5, 5.41) is 3.04. The quantitative estimate of drug-likeness (QED) is 0.170. The third-order valence-corrected chi connectivity index (χ3v) is 3.14. The Kier molecular flexibility index (Phi) is 8.41. The van der Waals surface area contributed by atoms with Gasteiger partial charge in [0.1, 0.15) is 19.5 Å². The summed E-state index contributed by atoms with van der Waals surface area (Å²) in [6.45, 7) is 15.0. The molecule has 132 valence electrons. The molecule has 0 spiro atoms. The highest BCUT2D eigenvalue weighted by molar-refractivity contribution is 5.46. The van der Waals surface area contributed by atoms with E-state index in [4.69, 9.17) is 14.3 Å². The Labute approximate surface area is 149 Å². The molecule has 1 rings (SSSR count). The van der Waals surface area contributed by atoms with Gasteiger partial charge in [0.05, 0.1) is 0 Å². The molecular weight excluding hydrogens is 316 g/mol. The van der Waals surface area contributed by atoms with Gasteiger partial charge >= 0.3 is 0 Å². The minimum absolute atomic E-state index is 0.231. The number of hydrogen-bond donors (Lipinski definition) is 1. The van der Waals surface area contributed by atoms with Gasteiger partial charge in [-0.25, -0.2) is 0 Å². The van der Waals surface area contributed by atoms with Crippen molar-refractivity contribution in [1.82, 2.24) is 0 Å². The van der Waals surface area contributed by atoms with Gasteiger partial charge in [-0.15, -0.1) is 5.73 Å². The van der Waals surface area contributed by atoms with Gasteiger partial charge in [-0.05, 0) is 42.0 Å². The number of rotatable bonds is 10. The molecule has 0 amide bonds. The lowest BCUT2D eigenvalue weighted by atomic mass is 10.2. The van der Waals surface area contributed by atoms with E-state index in [1.807, 2.05) is 44.2 Å². The second kappa shape index (κ2) is 10.6. The lowest BCUT2D eigenvalue weighted by Gasteiger charge is -2.10. The summed E-state index contributed by atoms with van der Waals surface area (Å²) in [5.41, 5.74) is 5.44. The zero-order valence-corrected chi connectivity index (χ0v) is 15.0. The van der Waals surface area contributed by atoms with Gasteiger partial charge in [-0.2, -0.15) is 0 Å². The first kappa shape index (κ1) is 19.9. The molecule has 0 aliphatic carbocycles. The highest BCUT2D eigenvalue weighted by Crippen LogP contribution is 2.13. The molecule has 5 nitrogen and oxygen atoms in total. The van der Waals surface area contributed by atoms with Crippen LogP contribution in [0.4, 0.5) is 5.69 Å². The van der Waals surface area contributed by atoms with Gasteiger partial charge in [-0.3, -0.25) is 4.84 Å². The highest BCUT2D eigenvalue weighted by Gasteiger charge is 2.03. The van der Waals surface area contributed by atoms with Crippen molar-refractivity contribution < 1.29 is 19.1 Å². The minimum Gasteiger partial charge on any atom is -0.461 e. The Morgan fingerprint density at radius 3 is 2.52 bits per heavy atom. The maximum atomic E-state index is 5.52. The van der Waals surface area contributed by atoms with Crippen LogP contribution in [0, 0.1) is 0 Å². The van der Waals surface area contributed by atoms with E-state index < -0.39 is 0 Å². The number of allylic oxidation sites excluding steroid dienone is 4. The smallest absolute Gasteiger partial charge is 0.277 e. The fraction of sp³-hybridized carbons (Fsp3) is 0.200. The number of ether oxygens (including phenoxy) is 2. The minimum atomic E-state index is 0.231. The van der Waals surface area contributed by atoms with E-state index in [2.05, 4.69) is 30.9 Å². The van der Waals surface area contributed by atoms with E-state index in [0.717, 1.165) is 16.9 Å². The van der Waals surface area contributed by atoms with Crippen molar-refractivity contribution in [3.05, 3.63) is 84.5 Å². The van der Waals surface area contributed by atoms with E-state index in [-0.39, 0.29) is 5.95 Å². The summed E-state index contributed by atoms with van der Waals surface area (Å²) in [6.07, 6.45) is 5.25. The van der Waals surface area contributed by atoms with E-state index >= 15 is 0 Å². The summed E-state index contributed by atoms with van der Waals surface area (Å²) in [6, 6.07) is 7.79. The van der Waals surface area contributed by atoms with E-state index in [9.17, 15) is 0 Å². The Balaban J connectivity index is 2.48. The lowest BCUT2D eigenvalue weighted by molar-refractivity contribution is -0.738. The van der Waals surface area contributed by atoms with Crippen LogP contribution in [0.5, 0.6) is 0 Å². The molecule has 25 heavy (non-hydrogen) atoms. The van der Waals surface area contributed by atoms with Crippen LogP contribution in [0.25, 0.3) is 0 Å². The molecule has 0 radical (unpaired) electrons. The zero-order chi connectivity index (χ0) is 18.7. The lowest BCUT2D eigenvalue weighted by Crippen LogP contribution is -2.04. The Morgan fingerprint density at radius 1 is 1.24 bits per heavy atom. The summed E-state index contributed by atoms with van der Waals surface area (Å²) >= 11 is 0. The zero-order valence-electron chi connectivity index (χ0n) is 15.0. The van der Waals surface area contributed by atoms with Crippen molar-refractivity contribution in [2.24, 2.45) is 0 Å². The molecule has 1 N–H and O–H groups in total. The van der Waals surface area contributed by atoms with Crippen LogP contribution in [0.2, 0.25) is 0 Å². The van der Waals surface area contributed by atoms with Gasteiger partial charge in [0.25, 0.3) is 5.95 Å². The monoisotopic (exact) mass is 341 g/mol. The van der Waals surface area contributed by atoms with E-state index in [1.165, 1.54) is 4.74 Å². The third kappa shape index (κ3) is 7.77. The van der Waals surface area contributed by atoms with Crippen molar-refractivity contribution in [2.45, 2.75) is 20.5 Å². The number of nitrogens with one attached hydrogen (secondary N) is 1. The van der Waals surface area contributed by atoms with Crippen LogP contribution in [-0.4, -0.2) is 18.6 Å². The SMILES string of the molecule is C=C=CNc1ccc(COC(=C)O/C(C)=C/C=C(\C)[N+](=C)OC)cc1. The summed E-state index contributed by atoms with van der Waals surface area (Å²) in [4.78, 5) is 4.97. The molecule has 0 unspecified atom stereocenters. The summed E-state index contributed by atoms with van der Waals surface area (Å²) < 4.78 is 12.4. The number of nitrogens with zero attached hydrogens (tertiary/aromatic N) is 1. The van der Waals surface area contributed by atoms with Gasteiger partial charge in [0.15, 0.2) is 6.72 Å². The molecule has 0 heterocycles. The molecule has 0 aromatic heterocycles. The van der Waals surface area contributed by atoms with Gasteiger partial charge in [0.2, 0.25) is 5.70 Å². The van der Waals surface area contributed by atoms with E-state index in [0.29, 0.717) is 12.4 Å². The maximum absolute atomic E-state index is 5.52. The molecule has 1 aromatic rings. The van der Waals surface area contributed by atoms with Gasteiger partial charge in [0, 0.05) is 24.9 Å². The number of hydroxylamine groups is 1. The number of hydrogen-bond acceptors (Lipinski definition) is 4. The predicted molar refractivity (Wildman–Crippen MR) is 101 cm³/mol. The van der Waals surface area contributed by atoms with Gasteiger partial charge in [-0.1, -0.05) is 18.7 Å². The van der Waals surface area contributed by atoms with Crippen molar-refractivity contribution >= 4 is 12.4 Å². The van der Waals surface area contributed by atoms with Crippen LogP contribution in [0.3, 0.4) is 0 Å². The fourth-order valence-corrected chi connectivity index (χ4v) is 1.70. The van der Waals surface area contributed by atoms with Crippen LogP contribution < -0.4 is 5.32 Å². The van der Waals surface area contributed by atoms with Crippen LogP contribution >= 0.6 is 0 Å². The van der Waals surface area contributed by atoms with Crippen LogP contribution in [0.15, 0.2) is 78.9 Å². The predicted octanol–water partition coefficient (Wildman–Crippen LogP) is 4.48. The highest BCUT2D eigenvalue weighted by atomic mass is 16.7. The van der Waals surface area contributed by atoms with E-state index in [1.54, 1.807) is 19.4 Å². The molecule has 0 atom stereocenters. The summed E-state index contributed by atoms with van der Waals surface area (Å²) in [5.74, 6) is 0.874. The van der Waals surface area contributed by atoms with Gasteiger partial charge < -0.3 is 14.8 Å². The Bertz CT molecular complexity index is 709. The topological polar surface area (TPSA) is 42.7 Å². The van der Waals surface area contributed by atoms with Crippen molar-refractivity contribution in [2.75, 3.05) is 12.4 Å². The summed E-state index contributed by atoms with van der Waals surface area (Å²) in [7, 11) is 1.55. The molecule has 1 aromatic carbocycles. The Morgan fingerprint density at radius 2 is 1.92 bits per heavy atom. The standard InChI is InChI=1S/C20H25N2O3/c1-7-14-21-20-12-10-19(11-13-20)15-24-18(4)25-17(3)9-8-16(2)22(5)23-6/h8-14,21H,1,4-5,15H2,2-3,6H3/q+1/b16-8+,17-9+. The molecule has 0 fully saturated rings. The molecule has 0 aliphatic heterocycles. The third-order valence-electron chi connectivity index (χ3n) is 3.14. The number of anilines is 1.